The maximum Gasteiger partial charge on any atom is 0.124 e. The van der Waals surface area contributed by atoms with Gasteiger partial charge in [0.05, 0.1) is 0 Å². The van der Waals surface area contributed by atoms with Crippen LogP contribution in [0.25, 0.3) is 0 Å². The number of aliphatic hydroxyl groups is 1. The topological polar surface area (TPSA) is 20.2 Å². The minimum absolute atomic E-state index is 0.0183. The van der Waals surface area contributed by atoms with Crippen LogP contribution in [0.1, 0.15) is 13.8 Å². The molecule has 0 bridgehead atoms. The lowest BCUT2D eigenvalue weighted by Crippen LogP contribution is -2.22. The van der Waals surface area contributed by atoms with E-state index in [0.29, 0.717) is 5.92 Å². The fraction of sp³-hybridized carbons (Fsp3) is 0.778. The normalized spacial score (nSPS) is 20.7. The van der Waals surface area contributed by atoms with Crippen molar-refractivity contribution in [1.82, 2.24) is 0 Å². The van der Waals surface area contributed by atoms with Crippen LogP contribution in [0, 0.1) is 17.8 Å². The second-order valence-electron chi connectivity index (χ2n) is 2.98. The van der Waals surface area contributed by atoms with Gasteiger partial charge < -0.3 is 5.11 Å². The molecule has 1 heterocycles. The van der Waals surface area contributed by atoms with Gasteiger partial charge in [-0.3, -0.25) is 0 Å². The van der Waals surface area contributed by atoms with Crippen LogP contribution in [0.15, 0.2) is 0 Å². The van der Waals surface area contributed by atoms with E-state index in [4.69, 9.17) is 5.11 Å². The Labute approximate surface area is 82.7 Å². The molecule has 1 aliphatic heterocycles. The Bertz CT molecular complexity index is 196. The first kappa shape index (κ1) is 10.3. The Kier molecular flexibility index (Phi) is 3.82. The molecular weight excluding hydrogens is 188 g/mol. The van der Waals surface area contributed by atoms with E-state index in [1.807, 2.05) is 23.5 Å². The summed E-state index contributed by atoms with van der Waals surface area (Å²) in [5.74, 6) is 8.86. The molecule has 1 fully saturated rings. The van der Waals surface area contributed by atoms with Gasteiger partial charge in [-0.05, 0) is 5.92 Å². The molecule has 0 atom stereocenters. The van der Waals surface area contributed by atoms with Crippen molar-refractivity contribution < 1.29 is 5.11 Å². The first-order valence-electron chi connectivity index (χ1n) is 4.10. The van der Waals surface area contributed by atoms with Gasteiger partial charge in [-0.1, -0.05) is 25.7 Å². The van der Waals surface area contributed by atoms with E-state index in [9.17, 15) is 0 Å². The van der Waals surface area contributed by atoms with Crippen molar-refractivity contribution in [3.8, 4) is 11.8 Å². The van der Waals surface area contributed by atoms with E-state index in [-0.39, 0.29) is 10.7 Å². The molecule has 1 saturated heterocycles. The van der Waals surface area contributed by atoms with Crippen LogP contribution in [-0.4, -0.2) is 27.3 Å². The lowest BCUT2D eigenvalue weighted by molar-refractivity contribution is 0.350. The largest absolute Gasteiger partial charge is 0.384 e. The van der Waals surface area contributed by atoms with Gasteiger partial charge in [-0.15, -0.1) is 23.5 Å². The fourth-order valence-electron chi connectivity index (χ4n) is 1.14. The van der Waals surface area contributed by atoms with Gasteiger partial charge in [-0.2, -0.15) is 0 Å². The molecule has 12 heavy (non-hydrogen) atoms. The van der Waals surface area contributed by atoms with E-state index in [1.165, 1.54) is 11.5 Å². The zero-order chi connectivity index (χ0) is 9.03. The summed E-state index contributed by atoms with van der Waals surface area (Å²) >= 11 is 3.83. The molecule has 1 N–H and O–H groups in total. The summed E-state index contributed by atoms with van der Waals surface area (Å²) in [6, 6.07) is 0. The van der Waals surface area contributed by atoms with E-state index in [0.717, 1.165) is 0 Å². The highest BCUT2D eigenvalue weighted by Crippen LogP contribution is 2.48. The Balaban J connectivity index is 2.72. The molecule has 68 valence electrons. The van der Waals surface area contributed by atoms with Gasteiger partial charge in [0.2, 0.25) is 0 Å². The molecule has 0 aromatic carbocycles. The first-order chi connectivity index (χ1) is 5.71. The SMILES string of the molecule is CC(C)C1(C#CCO)SCCS1. The fourth-order valence-corrected chi connectivity index (χ4v) is 4.20. The van der Waals surface area contributed by atoms with Gasteiger partial charge in [-0.25, -0.2) is 0 Å². The third kappa shape index (κ3) is 2.12. The summed E-state index contributed by atoms with van der Waals surface area (Å²) in [5.41, 5.74) is 0. The minimum atomic E-state index is -0.0183. The Morgan fingerprint density at radius 3 is 2.42 bits per heavy atom. The predicted octanol–water partition coefficient (Wildman–Crippen LogP) is 1.81. The van der Waals surface area contributed by atoms with Crippen LogP contribution in [-0.2, 0) is 0 Å². The summed E-state index contributed by atoms with van der Waals surface area (Å²) in [4.78, 5) is 0. The van der Waals surface area contributed by atoms with Gasteiger partial charge >= 0.3 is 0 Å². The molecule has 0 radical (unpaired) electrons. The van der Waals surface area contributed by atoms with Crippen molar-refractivity contribution in [3.05, 3.63) is 0 Å². The number of rotatable bonds is 1. The molecule has 0 spiro atoms. The number of hydrogen-bond acceptors (Lipinski definition) is 3. The van der Waals surface area contributed by atoms with Crippen LogP contribution < -0.4 is 0 Å². The Morgan fingerprint density at radius 1 is 1.42 bits per heavy atom. The highest BCUT2D eigenvalue weighted by atomic mass is 32.2. The van der Waals surface area contributed by atoms with Crippen molar-refractivity contribution >= 4 is 23.5 Å². The summed E-state index contributed by atoms with van der Waals surface area (Å²) < 4.78 is 0.0583. The Hall–Kier alpha value is 0.220. The van der Waals surface area contributed by atoms with Crippen molar-refractivity contribution in [1.29, 1.82) is 0 Å². The second kappa shape index (κ2) is 4.45. The summed E-state index contributed by atoms with van der Waals surface area (Å²) in [5, 5.41) is 8.63. The van der Waals surface area contributed by atoms with E-state index < -0.39 is 0 Å². The highest BCUT2D eigenvalue weighted by Gasteiger charge is 2.36. The van der Waals surface area contributed by atoms with Gasteiger partial charge in [0.25, 0.3) is 0 Å². The molecular formula is C9H14OS2. The molecule has 0 aromatic rings. The third-order valence-electron chi connectivity index (χ3n) is 1.82. The lowest BCUT2D eigenvalue weighted by atomic mass is 10.1. The van der Waals surface area contributed by atoms with Gasteiger partial charge in [0, 0.05) is 11.5 Å². The van der Waals surface area contributed by atoms with E-state index in [1.54, 1.807) is 0 Å². The van der Waals surface area contributed by atoms with Crippen LogP contribution >= 0.6 is 23.5 Å². The second-order valence-corrected chi connectivity index (χ2v) is 5.92. The molecule has 1 nitrogen and oxygen atoms in total. The average molecular weight is 202 g/mol. The number of hydrogen-bond donors (Lipinski definition) is 1. The number of aliphatic hydroxyl groups excluding tert-OH is 1. The Morgan fingerprint density at radius 2 is 2.00 bits per heavy atom. The first-order valence-corrected chi connectivity index (χ1v) is 6.07. The van der Waals surface area contributed by atoms with E-state index in [2.05, 4.69) is 25.7 Å². The quantitative estimate of drug-likeness (QED) is 0.655. The van der Waals surface area contributed by atoms with Crippen LogP contribution in [0.4, 0.5) is 0 Å². The molecule has 3 heteroatoms. The van der Waals surface area contributed by atoms with Gasteiger partial charge in [0.1, 0.15) is 10.7 Å². The van der Waals surface area contributed by atoms with Crippen LogP contribution in [0.5, 0.6) is 0 Å². The summed E-state index contributed by atoms with van der Waals surface area (Å²) in [6.45, 7) is 4.37. The maximum atomic E-state index is 8.63. The monoisotopic (exact) mass is 202 g/mol. The smallest absolute Gasteiger partial charge is 0.124 e. The molecule has 0 aliphatic carbocycles. The molecule has 0 amide bonds. The lowest BCUT2D eigenvalue weighted by Gasteiger charge is -2.25. The maximum absolute atomic E-state index is 8.63. The zero-order valence-corrected chi connectivity index (χ0v) is 9.10. The van der Waals surface area contributed by atoms with E-state index >= 15 is 0 Å². The standard InChI is InChI=1S/C9H14OS2/c1-8(2)9(4-3-5-10)11-6-7-12-9/h8,10H,5-7H2,1-2H3. The molecule has 1 aliphatic rings. The van der Waals surface area contributed by atoms with Crippen LogP contribution in [0.2, 0.25) is 0 Å². The van der Waals surface area contributed by atoms with Crippen molar-refractivity contribution in [2.45, 2.75) is 17.9 Å². The molecule has 0 saturated carbocycles. The highest BCUT2D eigenvalue weighted by molar-refractivity contribution is 8.21. The molecule has 0 unspecified atom stereocenters. The van der Waals surface area contributed by atoms with Crippen molar-refractivity contribution in [2.24, 2.45) is 5.92 Å². The molecule has 1 rings (SSSR count). The predicted molar refractivity (Wildman–Crippen MR) is 57.3 cm³/mol. The minimum Gasteiger partial charge on any atom is -0.384 e. The number of thioether (sulfide) groups is 2. The summed E-state index contributed by atoms with van der Waals surface area (Å²) in [6.07, 6.45) is 0. The van der Waals surface area contributed by atoms with Crippen molar-refractivity contribution in [2.75, 3.05) is 18.1 Å². The molecule has 0 aromatic heterocycles. The average Bonchev–Trinajstić information content (AvgIpc) is 2.50. The zero-order valence-electron chi connectivity index (χ0n) is 7.46. The van der Waals surface area contributed by atoms with Crippen LogP contribution in [0.3, 0.4) is 0 Å². The van der Waals surface area contributed by atoms with Crippen molar-refractivity contribution in [3.63, 3.8) is 0 Å². The summed E-state index contributed by atoms with van der Waals surface area (Å²) in [7, 11) is 0. The third-order valence-corrected chi connectivity index (χ3v) is 5.60. The van der Waals surface area contributed by atoms with Gasteiger partial charge in [0.15, 0.2) is 0 Å².